The van der Waals surface area contributed by atoms with Crippen LogP contribution in [0.4, 0.5) is 0 Å². The summed E-state index contributed by atoms with van der Waals surface area (Å²) in [5.74, 6) is 0.250. The van der Waals surface area contributed by atoms with Crippen LogP contribution in [0.25, 0.3) is 0 Å². The number of nitrogens with zero attached hydrogens (tertiary/aromatic N) is 2. The third-order valence-corrected chi connectivity index (χ3v) is 5.61. The molecule has 0 N–H and O–H groups in total. The molecule has 7 heteroatoms. The first-order chi connectivity index (χ1) is 7.47. The molecule has 0 spiro atoms. The van der Waals surface area contributed by atoms with Crippen molar-refractivity contribution in [2.45, 2.75) is 18.8 Å². The van der Waals surface area contributed by atoms with E-state index in [9.17, 15) is 8.42 Å². The Hall–Kier alpha value is 0.0200. The van der Waals surface area contributed by atoms with Crippen LogP contribution in [0.2, 0.25) is 0 Å². The average Bonchev–Trinajstić information content (AvgIpc) is 2.64. The molecule has 0 bridgehead atoms. The molecule has 0 amide bonds. The van der Waals surface area contributed by atoms with E-state index in [1.54, 1.807) is 21.8 Å². The van der Waals surface area contributed by atoms with Crippen LogP contribution in [0.1, 0.15) is 23.8 Å². The van der Waals surface area contributed by atoms with E-state index in [-0.39, 0.29) is 5.92 Å². The van der Waals surface area contributed by atoms with Gasteiger partial charge in [0.1, 0.15) is 0 Å². The summed E-state index contributed by atoms with van der Waals surface area (Å²) in [5.41, 5.74) is 0. The fraction of sp³-hybridized carbons (Fsp3) is 0.667. The summed E-state index contributed by atoms with van der Waals surface area (Å²) >= 11 is 4.97. The Bertz CT molecular complexity index is 472. The van der Waals surface area contributed by atoms with Gasteiger partial charge in [-0.25, -0.2) is 17.7 Å². The second kappa shape index (κ2) is 4.72. The molecule has 0 radical (unpaired) electrons. The zero-order chi connectivity index (χ0) is 11.8. The number of aromatic nitrogens is 1. The molecule has 90 valence electrons. The predicted octanol–water partition coefficient (Wildman–Crippen LogP) is 2.04. The zero-order valence-electron chi connectivity index (χ0n) is 8.89. The van der Waals surface area contributed by atoms with Gasteiger partial charge in [-0.05, 0) is 28.8 Å². The summed E-state index contributed by atoms with van der Waals surface area (Å²) in [6.45, 7) is 1.21. The minimum Gasteiger partial charge on any atom is -0.248 e. The van der Waals surface area contributed by atoms with Crippen LogP contribution in [0.15, 0.2) is 9.98 Å². The molecule has 1 aromatic heterocycles. The third kappa shape index (κ3) is 2.82. The van der Waals surface area contributed by atoms with Crippen LogP contribution in [0.5, 0.6) is 0 Å². The SMILES string of the molecule is CS(=O)(=O)N1CCC[C@H](c2ncc(Br)s2)C1. The molecule has 16 heavy (non-hydrogen) atoms. The molecule has 2 heterocycles. The molecule has 2 rings (SSSR count). The van der Waals surface area contributed by atoms with Crippen molar-refractivity contribution >= 4 is 37.3 Å². The highest BCUT2D eigenvalue weighted by Crippen LogP contribution is 2.32. The van der Waals surface area contributed by atoms with Gasteiger partial charge in [-0.15, -0.1) is 11.3 Å². The summed E-state index contributed by atoms with van der Waals surface area (Å²) in [6.07, 6.45) is 4.98. The lowest BCUT2D eigenvalue weighted by Gasteiger charge is -2.29. The van der Waals surface area contributed by atoms with Crippen LogP contribution >= 0.6 is 27.3 Å². The molecule has 4 nitrogen and oxygen atoms in total. The van der Waals surface area contributed by atoms with Crippen molar-refractivity contribution in [1.29, 1.82) is 0 Å². The molecule has 1 aliphatic rings. The number of sulfonamides is 1. The molecular weight excluding hydrogens is 312 g/mol. The Kier molecular flexibility index (Phi) is 3.68. The smallest absolute Gasteiger partial charge is 0.211 e. The van der Waals surface area contributed by atoms with E-state index >= 15 is 0 Å². The summed E-state index contributed by atoms with van der Waals surface area (Å²) in [4.78, 5) is 4.31. The molecule has 0 unspecified atom stereocenters. The van der Waals surface area contributed by atoms with Crippen molar-refractivity contribution in [1.82, 2.24) is 9.29 Å². The molecule has 0 aliphatic carbocycles. The highest BCUT2D eigenvalue weighted by atomic mass is 79.9. The maximum atomic E-state index is 11.5. The van der Waals surface area contributed by atoms with E-state index in [2.05, 4.69) is 20.9 Å². The lowest BCUT2D eigenvalue weighted by atomic mass is 10.0. The van der Waals surface area contributed by atoms with Gasteiger partial charge in [-0.2, -0.15) is 0 Å². The van der Waals surface area contributed by atoms with Gasteiger partial charge in [-0.3, -0.25) is 0 Å². The Labute approximate surface area is 108 Å². The van der Waals surface area contributed by atoms with E-state index in [4.69, 9.17) is 0 Å². The lowest BCUT2D eigenvalue weighted by molar-refractivity contribution is 0.317. The lowest BCUT2D eigenvalue weighted by Crippen LogP contribution is -2.38. The molecule has 1 saturated heterocycles. The Morgan fingerprint density at radius 2 is 2.38 bits per heavy atom. The van der Waals surface area contributed by atoms with Gasteiger partial charge in [0.15, 0.2) is 0 Å². The maximum absolute atomic E-state index is 11.5. The van der Waals surface area contributed by atoms with Crippen molar-refractivity contribution in [3.05, 3.63) is 15.0 Å². The van der Waals surface area contributed by atoms with Crippen molar-refractivity contribution in [2.24, 2.45) is 0 Å². The van der Waals surface area contributed by atoms with Gasteiger partial charge in [0.25, 0.3) is 0 Å². The van der Waals surface area contributed by atoms with Gasteiger partial charge >= 0.3 is 0 Å². The average molecular weight is 325 g/mol. The minimum absolute atomic E-state index is 0.250. The second-order valence-electron chi connectivity index (χ2n) is 3.96. The Morgan fingerprint density at radius 3 is 2.94 bits per heavy atom. The molecule has 1 fully saturated rings. The van der Waals surface area contributed by atoms with E-state index in [0.29, 0.717) is 13.1 Å². The van der Waals surface area contributed by atoms with Crippen LogP contribution in [-0.4, -0.2) is 37.1 Å². The van der Waals surface area contributed by atoms with Crippen LogP contribution in [0.3, 0.4) is 0 Å². The van der Waals surface area contributed by atoms with E-state index in [1.807, 2.05) is 0 Å². The highest BCUT2D eigenvalue weighted by Gasteiger charge is 2.28. The normalized spacial score (nSPS) is 23.5. The number of piperidine rings is 1. The quantitative estimate of drug-likeness (QED) is 0.836. The molecule has 1 aromatic rings. The monoisotopic (exact) mass is 324 g/mol. The Morgan fingerprint density at radius 1 is 1.62 bits per heavy atom. The van der Waals surface area contributed by atoms with Crippen LogP contribution in [0, 0.1) is 0 Å². The molecule has 0 saturated carbocycles. The van der Waals surface area contributed by atoms with Gasteiger partial charge in [0, 0.05) is 19.0 Å². The molecule has 1 atom stereocenters. The summed E-state index contributed by atoms with van der Waals surface area (Å²) < 4.78 is 25.5. The first-order valence-electron chi connectivity index (χ1n) is 5.03. The second-order valence-corrected chi connectivity index (χ2v) is 8.39. The summed E-state index contributed by atoms with van der Waals surface area (Å²) in [5, 5.41) is 1.03. The van der Waals surface area contributed by atoms with Crippen molar-refractivity contribution in [3.63, 3.8) is 0 Å². The van der Waals surface area contributed by atoms with Gasteiger partial charge in [0.05, 0.1) is 21.2 Å². The topological polar surface area (TPSA) is 50.3 Å². The van der Waals surface area contributed by atoms with E-state index < -0.39 is 10.0 Å². The van der Waals surface area contributed by atoms with Gasteiger partial charge < -0.3 is 0 Å². The number of hydrogen-bond donors (Lipinski definition) is 0. The largest absolute Gasteiger partial charge is 0.248 e. The number of hydrogen-bond acceptors (Lipinski definition) is 4. The first-order valence-corrected chi connectivity index (χ1v) is 8.49. The predicted molar refractivity (Wildman–Crippen MR) is 68.2 cm³/mol. The summed E-state index contributed by atoms with van der Waals surface area (Å²) in [7, 11) is -3.06. The van der Waals surface area contributed by atoms with E-state index in [1.165, 1.54) is 6.26 Å². The van der Waals surface area contributed by atoms with Gasteiger partial charge in [0.2, 0.25) is 10.0 Å². The molecule has 1 aliphatic heterocycles. The number of thiazole rings is 1. The molecule has 0 aromatic carbocycles. The summed E-state index contributed by atoms with van der Waals surface area (Å²) in [6, 6.07) is 0. The number of halogens is 1. The van der Waals surface area contributed by atoms with Gasteiger partial charge in [-0.1, -0.05) is 0 Å². The first kappa shape index (κ1) is 12.5. The fourth-order valence-corrected chi connectivity index (χ4v) is 4.18. The zero-order valence-corrected chi connectivity index (χ0v) is 12.1. The third-order valence-electron chi connectivity index (χ3n) is 2.70. The van der Waals surface area contributed by atoms with Crippen LogP contribution < -0.4 is 0 Å². The highest BCUT2D eigenvalue weighted by molar-refractivity contribution is 9.11. The maximum Gasteiger partial charge on any atom is 0.211 e. The fourth-order valence-electron chi connectivity index (χ4n) is 1.90. The van der Waals surface area contributed by atoms with Crippen molar-refractivity contribution < 1.29 is 8.42 Å². The Balaban J connectivity index is 2.13. The standard InChI is InChI=1S/C9H13BrN2O2S2/c1-16(13,14)12-4-2-3-7(6-12)9-11-5-8(10)15-9/h5,7H,2-4,6H2,1H3/t7-/m0/s1. The van der Waals surface area contributed by atoms with Crippen molar-refractivity contribution in [2.75, 3.05) is 19.3 Å². The number of rotatable bonds is 2. The van der Waals surface area contributed by atoms with Crippen molar-refractivity contribution in [3.8, 4) is 0 Å². The molecular formula is C9H13BrN2O2S2. The minimum atomic E-state index is -3.06. The van der Waals surface area contributed by atoms with E-state index in [0.717, 1.165) is 21.6 Å². The van der Waals surface area contributed by atoms with Crippen LogP contribution in [-0.2, 0) is 10.0 Å².